The number of halogens is 1. The molecule has 5 nitrogen and oxygen atoms in total. The van der Waals surface area contributed by atoms with Crippen molar-refractivity contribution in [1.82, 2.24) is 4.72 Å². The normalized spacial score (nSPS) is 12.8. The van der Waals surface area contributed by atoms with Gasteiger partial charge in [-0.05, 0) is 36.4 Å². The molecule has 0 bridgehead atoms. The highest BCUT2D eigenvalue weighted by Crippen LogP contribution is 2.24. The minimum atomic E-state index is -3.58. The summed E-state index contributed by atoms with van der Waals surface area (Å²) in [6.45, 7) is 0.207. The van der Waals surface area contributed by atoms with Gasteiger partial charge in [-0.2, -0.15) is 0 Å². The Bertz CT molecular complexity index is 764. The van der Waals surface area contributed by atoms with E-state index in [1.807, 2.05) is 24.3 Å². The van der Waals surface area contributed by atoms with Crippen molar-refractivity contribution < 1.29 is 18.3 Å². The molecular formula is C16H18BrNO4S. The predicted octanol–water partition coefficient (Wildman–Crippen LogP) is 2.60. The molecule has 0 spiro atoms. The largest absolute Gasteiger partial charge is 0.487 e. The highest BCUT2D eigenvalue weighted by Gasteiger charge is 2.17. The van der Waals surface area contributed by atoms with Crippen molar-refractivity contribution >= 4 is 26.0 Å². The summed E-state index contributed by atoms with van der Waals surface area (Å²) in [7, 11) is -2.22. The lowest BCUT2D eigenvalue weighted by molar-refractivity contribution is 0.205. The Morgan fingerprint density at radius 2 is 1.96 bits per heavy atom. The number of benzene rings is 2. The molecule has 0 amide bonds. The van der Waals surface area contributed by atoms with E-state index in [2.05, 4.69) is 20.7 Å². The van der Waals surface area contributed by atoms with Gasteiger partial charge in [0.2, 0.25) is 10.0 Å². The first-order valence-corrected chi connectivity index (χ1v) is 9.56. The van der Waals surface area contributed by atoms with Crippen molar-refractivity contribution in [1.29, 1.82) is 0 Å². The van der Waals surface area contributed by atoms with E-state index < -0.39 is 16.1 Å². The van der Waals surface area contributed by atoms with Crippen LogP contribution < -0.4 is 9.46 Å². The van der Waals surface area contributed by atoms with E-state index in [0.29, 0.717) is 5.33 Å². The SMILES string of the molecule is CNS(=O)(=O)c1ccccc1OCc1cccc([C@@H](O)CBr)c1. The van der Waals surface area contributed by atoms with Gasteiger partial charge in [0.1, 0.15) is 17.3 Å². The monoisotopic (exact) mass is 399 g/mol. The molecule has 0 aliphatic rings. The zero-order valence-electron chi connectivity index (χ0n) is 12.6. The molecule has 2 N–H and O–H groups in total. The Kier molecular flexibility index (Phi) is 6.17. The van der Waals surface area contributed by atoms with Crippen molar-refractivity contribution in [3.8, 4) is 5.75 Å². The number of sulfonamides is 1. The van der Waals surface area contributed by atoms with Gasteiger partial charge in [-0.1, -0.05) is 46.3 Å². The second-order valence-electron chi connectivity index (χ2n) is 4.86. The van der Waals surface area contributed by atoms with Gasteiger partial charge in [-0.15, -0.1) is 0 Å². The van der Waals surface area contributed by atoms with Gasteiger partial charge in [0.15, 0.2) is 0 Å². The maximum Gasteiger partial charge on any atom is 0.243 e. The third-order valence-corrected chi connectivity index (χ3v) is 5.35. The van der Waals surface area contributed by atoms with E-state index in [1.165, 1.54) is 13.1 Å². The van der Waals surface area contributed by atoms with Crippen LogP contribution in [0.3, 0.4) is 0 Å². The van der Waals surface area contributed by atoms with Crippen molar-refractivity contribution in [2.45, 2.75) is 17.6 Å². The van der Waals surface area contributed by atoms with Crippen LogP contribution in [0.25, 0.3) is 0 Å². The first-order valence-electron chi connectivity index (χ1n) is 6.96. The highest BCUT2D eigenvalue weighted by molar-refractivity contribution is 9.09. The highest BCUT2D eigenvalue weighted by atomic mass is 79.9. The number of aliphatic hydroxyl groups is 1. The molecule has 0 unspecified atom stereocenters. The van der Waals surface area contributed by atoms with Crippen LogP contribution in [-0.2, 0) is 16.6 Å². The molecule has 2 aromatic carbocycles. The number of rotatable bonds is 7. The van der Waals surface area contributed by atoms with Gasteiger partial charge < -0.3 is 9.84 Å². The Hall–Kier alpha value is -1.41. The molecular weight excluding hydrogens is 382 g/mol. The third-order valence-electron chi connectivity index (χ3n) is 3.28. The van der Waals surface area contributed by atoms with Crippen LogP contribution in [0, 0.1) is 0 Å². The summed E-state index contributed by atoms with van der Waals surface area (Å²) in [5, 5.41) is 10.3. The van der Waals surface area contributed by atoms with Gasteiger partial charge in [0.05, 0.1) is 6.10 Å². The summed E-state index contributed by atoms with van der Waals surface area (Å²) in [4.78, 5) is 0.0964. The van der Waals surface area contributed by atoms with Crippen molar-refractivity contribution in [3.05, 3.63) is 59.7 Å². The van der Waals surface area contributed by atoms with Gasteiger partial charge in [0, 0.05) is 5.33 Å². The molecule has 7 heteroatoms. The van der Waals surface area contributed by atoms with E-state index >= 15 is 0 Å². The summed E-state index contributed by atoms with van der Waals surface area (Å²) in [6.07, 6.45) is -0.591. The fourth-order valence-electron chi connectivity index (χ4n) is 2.04. The zero-order chi connectivity index (χ0) is 16.9. The average molecular weight is 400 g/mol. The summed E-state index contributed by atoms with van der Waals surface area (Å²) < 4.78 is 31.9. The smallest absolute Gasteiger partial charge is 0.243 e. The predicted molar refractivity (Wildman–Crippen MR) is 92.2 cm³/mol. The van der Waals surface area contributed by atoms with Crippen molar-refractivity contribution in [3.63, 3.8) is 0 Å². The molecule has 0 aliphatic carbocycles. The minimum Gasteiger partial charge on any atom is -0.487 e. The van der Waals surface area contributed by atoms with Crippen LogP contribution in [0.5, 0.6) is 5.75 Å². The molecule has 0 radical (unpaired) electrons. The lowest BCUT2D eigenvalue weighted by atomic mass is 10.1. The van der Waals surface area contributed by atoms with Crippen LogP contribution in [0.2, 0.25) is 0 Å². The maximum absolute atomic E-state index is 12.0. The summed E-state index contributed by atoms with van der Waals surface area (Å²) in [6, 6.07) is 13.8. The van der Waals surface area contributed by atoms with Gasteiger partial charge >= 0.3 is 0 Å². The summed E-state index contributed by atoms with van der Waals surface area (Å²) >= 11 is 3.24. The van der Waals surface area contributed by atoms with Crippen LogP contribution in [0.15, 0.2) is 53.4 Å². The molecule has 0 fully saturated rings. The molecule has 0 aliphatic heterocycles. The van der Waals surface area contributed by atoms with Gasteiger partial charge in [-0.3, -0.25) is 0 Å². The number of aliphatic hydroxyl groups excluding tert-OH is 1. The van der Waals surface area contributed by atoms with Crippen LogP contribution in [0.1, 0.15) is 17.2 Å². The first kappa shape index (κ1) is 17.9. The molecule has 1 atom stereocenters. The number of nitrogens with one attached hydrogen (secondary N) is 1. The third kappa shape index (κ3) is 4.54. The maximum atomic E-state index is 12.0. The fourth-order valence-corrected chi connectivity index (χ4v) is 3.28. The molecule has 124 valence electrons. The molecule has 0 aromatic heterocycles. The summed E-state index contributed by atoms with van der Waals surface area (Å²) in [5.74, 6) is 0.285. The number of hydrogen-bond donors (Lipinski definition) is 2. The molecule has 2 rings (SSSR count). The van der Waals surface area contributed by atoms with Crippen LogP contribution in [0.4, 0.5) is 0 Å². The van der Waals surface area contributed by atoms with Crippen molar-refractivity contribution in [2.24, 2.45) is 0 Å². The molecule has 23 heavy (non-hydrogen) atoms. The Labute approximate surface area is 144 Å². The lowest BCUT2D eigenvalue weighted by Crippen LogP contribution is -2.19. The van der Waals surface area contributed by atoms with Crippen LogP contribution >= 0.6 is 15.9 Å². The molecule has 0 saturated carbocycles. The van der Waals surface area contributed by atoms with Crippen molar-refractivity contribution in [2.75, 3.05) is 12.4 Å². The molecule has 0 heterocycles. The zero-order valence-corrected chi connectivity index (χ0v) is 15.0. The van der Waals surface area contributed by atoms with E-state index in [9.17, 15) is 13.5 Å². The second-order valence-corrected chi connectivity index (χ2v) is 7.36. The molecule has 2 aromatic rings. The quantitative estimate of drug-likeness (QED) is 0.701. The Morgan fingerprint density at radius 1 is 1.22 bits per heavy atom. The molecule has 0 saturated heterocycles. The van der Waals surface area contributed by atoms with Crippen LogP contribution in [-0.4, -0.2) is 25.9 Å². The number of ether oxygens (including phenoxy) is 1. The van der Waals surface area contributed by atoms with E-state index in [4.69, 9.17) is 4.74 Å². The summed E-state index contributed by atoms with van der Waals surface area (Å²) in [5.41, 5.74) is 1.62. The number of para-hydroxylation sites is 1. The second kappa shape index (κ2) is 7.92. The van der Waals surface area contributed by atoms with E-state index in [0.717, 1.165) is 11.1 Å². The number of hydrogen-bond acceptors (Lipinski definition) is 4. The Morgan fingerprint density at radius 3 is 2.65 bits per heavy atom. The lowest BCUT2D eigenvalue weighted by Gasteiger charge is -2.13. The van der Waals surface area contributed by atoms with Gasteiger partial charge in [-0.25, -0.2) is 13.1 Å². The number of alkyl halides is 1. The van der Waals surface area contributed by atoms with E-state index in [1.54, 1.807) is 18.2 Å². The van der Waals surface area contributed by atoms with Gasteiger partial charge in [0.25, 0.3) is 0 Å². The Balaban J connectivity index is 2.19. The fraction of sp³-hybridized carbons (Fsp3) is 0.250. The standard InChI is InChI=1S/C16H18BrNO4S/c1-18-23(20,21)16-8-3-2-7-15(16)22-11-12-5-4-6-13(9-12)14(19)10-17/h2-9,14,18-19H,10-11H2,1H3/t14-/m0/s1. The average Bonchev–Trinajstić information content (AvgIpc) is 2.59. The topological polar surface area (TPSA) is 75.6 Å². The van der Waals surface area contributed by atoms with E-state index in [-0.39, 0.29) is 17.3 Å². The minimum absolute atomic E-state index is 0.0964. The first-order chi connectivity index (χ1) is 11.0.